The Labute approximate surface area is 108 Å². The van der Waals surface area contributed by atoms with Gasteiger partial charge in [-0.1, -0.05) is 27.2 Å². The standard InChI is InChI=1S/C13H24F2N2O/c1-4-10-5-11(16-6-12(14)15)8-17(7-10)13(18)9(2)3/h9-12,16H,4-8H2,1-3H3. The maximum Gasteiger partial charge on any atom is 0.250 e. The van der Waals surface area contributed by atoms with Gasteiger partial charge in [-0.25, -0.2) is 8.78 Å². The second-order valence-corrected chi connectivity index (χ2v) is 5.40. The maximum atomic E-state index is 12.2. The molecule has 1 amide bonds. The van der Waals surface area contributed by atoms with E-state index in [1.807, 2.05) is 18.7 Å². The molecule has 1 N–H and O–H groups in total. The van der Waals surface area contributed by atoms with E-state index in [0.29, 0.717) is 12.5 Å². The van der Waals surface area contributed by atoms with Crippen LogP contribution in [0.4, 0.5) is 8.78 Å². The van der Waals surface area contributed by atoms with E-state index < -0.39 is 6.43 Å². The first-order valence-corrected chi connectivity index (χ1v) is 6.74. The number of piperidine rings is 1. The van der Waals surface area contributed by atoms with Gasteiger partial charge in [0.15, 0.2) is 0 Å². The highest BCUT2D eigenvalue weighted by Gasteiger charge is 2.30. The summed E-state index contributed by atoms with van der Waals surface area (Å²) in [6.45, 7) is 6.86. The number of alkyl halides is 2. The number of carbonyl (C=O) groups excluding carboxylic acids is 1. The number of likely N-dealkylation sites (tertiary alicyclic amines) is 1. The maximum absolute atomic E-state index is 12.2. The molecule has 0 spiro atoms. The highest BCUT2D eigenvalue weighted by Crippen LogP contribution is 2.21. The summed E-state index contributed by atoms with van der Waals surface area (Å²) in [7, 11) is 0. The highest BCUT2D eigenvalue weighted by molar-refractivity contribution is 5.78. The predicted molar refractivity (Wildman–Crippen MR) is 67.6 cm³/mol. The summed E-state index contributed by atoms with van der Waals surface area (Å²) < 4.78 is 24.4. The van der Waals surface area contributed by atoms with Gasteiger partial charge in [0.25, 0.3) is 6.43 Å². The van der Waals surface area contributed by atoms with Crippen molar-refractivity contribution in [1.29, 1.82) is 0 Å². The van der Waals surface area contributed by atoms with Gasteiger partial charge in [-0.15, -0.1) is 0 Å². The summed E-state index contributed by atoms with van der Waals surface area (Å²) in [5.74, 6) is 0.505. The van der Waals surface area contributed by atoms with Gasteiger partial charge in [-0.2, -0.15) is 0 Å². The first kappa shape index (κ1) is 15.3. The number of carbonyl (C=O) groups is 1. The summed E-state index contributed by atoms with van der Waals surface area (Å²) in [6.07, 6.45) is -0.471. The second-order valence-electron chi connectivity index (χ2n) is 5.40. The zero-order valence-corrected chi connectivity index (χ0v) is 11.5. The van der Waals surface area contributed by atoms with E-state index in [9.17, 15) is 13.6 Å². The van der Waals surface area contributed by atoms with Gasteiger partial charge >= 0.3 is 0 Å². The second kappa shape index (κ2) is 7.02. The van der Waals surface area contributed by atoms with Crippen LogP contribution in [0.2, 0.25) is 0 Å². The van der Waals surface area contributed by atoms with Crippen LogP contribution in [0.1, 0.15) is 33.6 Å². The van der Waals surface area contributed by atoms with E-state index in [4.69, 9.17) is 0 Å². The van der Waals surface area contributed by atoms with Crippen LogP contribution in [-0.2, 0) is 4.79 Å². The number of amides is 1. The Morgan fingerprint density at radius 2 is 2.06 bits per heavy atom. The molecule has 2 unspecified atom stereocenters. The zero-order chi connectivity index (χ0) is 13.7. The van der Waals surface area contributed by atoms with Crippen LogP contribution in [-0.4, -0.2) is 42.9 Å². The molecule has 0 aromatic carbocycles. The van der Waals surface area contributed by atoms with Crippen LogP contribution in [0.5, 0.6) is 0 Å². The van der Waals surface area contributed by atoms with Gasteiger partial charge in [-0.05, 0) is 12.3 Å². The number of hydrogen-bond acceptors (Lipinski definition) is 2. The molecular formula is C13H24F2N2O. The van der Waals surface area contributed by atoms with Crippen LogP contribution >= 0.6 is 0 Å². The molecule has 1 saturated heterocycles. The average Bonchev–Trinajstić information content (AvgIpc) is 2.34. The Balaban J connectivity index is 2.57. The number of hydrogen-bond donors (Lipinski definition) is 1. The van der Waals surface area contributed by atoms with Crippen molar-refractivity contribution in [3.63, 3.8) is 0 Å². The summed E-state index contributed by atoms with van der Waals surface area (Å²) in [6, 6.07) is 0.000370. The Kier molecular flexibility index (Phi) is 5.99. The number of rotatable bonds is 5. The van der Waals surface area contributed by atoms with Gasteiger partial charge in [0.2, 0.25) is 5.91 Å². The van der Waals surface area contributed by atoms with E-state index in [2.05, 4.69) is 12.2 Å². The van der Waals surface area contributed by atoms with Crippen LogP contribution in [0, 0.1) is 11.8 Å². The van der Waals surface area contributed by atoms with Crippen molar-refractivity contribution in [3.8, 4) is 0 Å². The quantitative estimate of drug-likeness (QED) is 0.823. The lowest BCUT2D eigenvalue weighted by molar-refractivity contribution is -0.136. The Hall–Kier alpha value is -0.710. The Bertz CT molecular complexity index is 272. The lowest BCUT2D eigenvalue weighted by Gasteiger charge is -2.38. The molecule has 1 rings (SSSR count). The molecule has 0 saturated carbocycles. The fraction of sp³-hybridized carbons (Fsp3) is 0.923. The molecular weight excluding hydrogens is 238 g/mol. The smallest absolute Gasteiger partial charge is 0.250 e. The van der Waals surface area contributed by atoms with E-state index >= 15 is 0 Å². The van der Waals surface area contributed by atoms with Gasteiger partial charge in [-0.3, -0.25) is 4.79 Å². The van der Waals surface area contributed by atoms with Gasteiger partial charge in [0.05, 0.1) is 6.54 Å². The topological polar surface area (TPSA) is 32.3 Å². The minimum atomic E-state index is -2.33. The van der Waals surface area contributed by atoms with Crippen LogP contribution in [0.25, 0.3) is 0 Å². The molecule has 1 aliphatic rings. The molecule has 18 heavy (non-hydrogen) atoms. The number of nitrogens with zero attached hydrogens (tertiary/aromatic N) is 1. The molecule has 0 bridgehead atoms. The summed E-state index contributed by atoms with van der Waals surface area (Å²) >= 11 is 0. The molecule has 0 aliphatic carbocycles. The lowest BCUT2D eigenvalue weighted by Crippen LogP contribution is -2.52. The van der Waals surface area contributed by atoms with E-state index in [1.165, 1.54) is 0 Å². The molecule has 1 aliphatic heterocycles. The first-order valence-electron chi connectivity index (χ1n) is 6.74. The Morgan fingerprint density at radius 3 is 2.56 bits per heavy atom. The summed E-state index contributed by atoms with van der Waals surface area (Å²) in [5.41, 5.74) is 0. The molecule has 0 aromatic rings. The van der Waals surface area contributed by atoms with Crippen molar-refractivity contribution in [2.45, 2.75) is 46.1 Å². The fourth-order valence-corrected chi connectivity index (χ4v) is 2.45. The summed E-state index contributed by atoms with van der Waals surface area (Å²) in [4.78, 5) is 13.8. The third-order valence-corrected chi connectivity index (χ3v) is 3.48. The van der Waals surface area contributed by atoms with Crippen molar-refractivity contribution in [3.05, 3.63) is 0 Å². The van der Waals surface area contributed by atoms with Crippen molar-refractivity contribution in [2.75, 3.05) is 19.6 Å². The molecule has 106 valence electrons. The van der Waals surface area contributed by atoms with Gasteiger partial charge < -0.3 is 10.2 Å². The minimum absolute atomic E-state index is 0.000370. The monoisotopic (exact) mass is 262 g/mol. The van der Waals surface area contributed by atoms with Crippen molar-refractivity contribution in [1.82, 2.24) is 10.2 Å². The Morgan fingerprint density at radius 1 is 1.39 bits per heavy atom. The lowest BCUT2D eigenvalue weighted by atomic mass is 9.91. The van der Waals surface area contributed by atoms with Gasteiger partial charge in [0.1, 0.15) is 0 Å². The zero-order valence-electron chi connectivity index (χ0n) is 11.5. The number of nitrogens with one attached hydrogen (secondary N) is 1. The average molecular weight is 262 g/mol. The number of halogens is 2. The largest absolute Gasteiger partial charge is 0.341 e. The third-order valence-electron chi connectivity index (χ3n) is 3.48. The van der Waals surface area contributed by atoms with E-state index in [1.54, 1.807) is 0 Å². The first-order chi connectivity index (χ1) is 8.43. The van der Waals surface area contributed by atoms with Crippen molar-refractivity contribution in [2.24, 2.45) is 11.8 Å². The van der Waals surface area contributed by atoms with E-state index in [-0.39, 0.29) is 24.4 Å². The molecule has 2 atom stereocenters. The fourth-order valence-electron chi connectivity index (χ4n) is 2.45. The van der Waals surface area contributed by atoms with Crippen LogP contribution in [0.3, 0.4) is 0 Å². The molecule has 1 heterocycles. The van der Waals surface area contributed by atoms with Crippen LogP contribution < -0.4 is 5.32 Å². The third kappa shape index (κ3) is 4.52. The highest BCUT2D eigenvalue weighted by atomic mass is 19.3. The van der Waals surface area contributed by atoms with Crippen molar-refractivity contribution >= 4 is 5.91 Å². The SMILES string of the molecule is CCC1CC(NCC(F)F)CN(C(=O)C(C)C)C1. The predicted octanol–water partition coefficient (Wildman–Crippen LogP) is 2.12. The minimum Gasteiger partial charge on any atom is -0.341 e. The molecule has 1 fully saturated rings. The van der Waals surface area contributed by atoms with E-state index in [0.717, 1.165) is 19.4 Å². The van der Waals surface area contributed by atoms with Gasteiger partial charge in [0, 0.05) is 25.0 Å². The normalized spacial score (nSPS) is 24.9. The van der Waals surface area contributed by atoms with Crippen molar-refractivity contribution < 1.29 is 13.6 Å². The molecule has 0 radical (unpaired) electrons. The molecule has 3 nitrogen and oxygen atoms in total. The molecule has 0 aromatic heterocycles. The molecule has 5 heteroatoms. The summed E-state index contributed by atoms with van der Waals surface area (Å²) in [5, 5.41) is 2.87. The van der Waals surface area contributed by atoms with Crippen LogP contribution in [0.15, 0.2) is 0 Å².